The quantitative estimate of drug-likeness (QED) is 0.496. The highest BCUT2D eigenvalue weighted by atomic mass is 32.1. The predicted octanol–water partition coefficient (Wildman–Crippen LogP) is 2.41. The van der Waals surface area contributed by atoms with Gasteiger partial charge in [-0.3, -0.25) is 4.79 Å². The molecular weight excluding hydrogens is 296 g/mol. The van der Waals surface area contributed by atoms with Crippen molar-refractivity contribution in [3.05, 3.63) is 66.9 Å². The van der Waals surface area contributed by atoms with E-state index in [0.717, 1.165) is 5.56 Å². The second-order valence-electron chi connectivity index (χ2n) is 4.82. The van der Waals surface area contributed by atoms with Gasteiger partial charge in [-0.15, -0.1) is 0 Å². The number of nitrogens with one attached hydrogen (secondary N) is 2. The number of rotatable bonds is 5. The average molecular weight is 314 g/mol. The van der Waals surface area contributed by atoms with Gasteiger partial charge in [0.15, 0.2) is 5.11 Å². The van der Waals surface area contributed by atoms with Crippen LogP contribution in [0.15, 0.2) is 61.3 Å². The van der Waals surface area contributed by atoms with Crippen LogP contribution in [0, 0.1) is 5.92 Å². The Morgan fingerprint density at radius 3 is 2.77 bits per heavy atom. The second kappa shape index (κ2) is 7.56. The molecule has 0 amide bonds. The van der Waals surface area contributed by atoms with Gasteiger partial charge in [0.2, 0.25) is 0 Å². The summed E-state index contributed by atoms with van der Waals surface area (Å²) >= 11 is 5.13. The van der Waals surface area contributed by atoms with Gasteiger partial charge in [-0.2, -0.15) is 0 Å². The number of benzene rings is 1. The summed E-state index contributed by atoms with van der Waals surface area (Å²) in [6.45, 7) is 7.59. The lowest BCUT2D eigenvalue weighted by atomic mass is 9.94. The van der Waals surface area contributed by atoms with Gasteiger partial charge in [0.1, 0.15) is 12.5 Å². The number of ether oxygens (including phenoxy) is 1. The van der Waals surface area contributed by atoms with Crippen molar-refractivity contribution >= 4 is 29.4 Å². The van der Waals surface area contributed by atoms with E-state index in [-0.39, 0.29) is 18.6 Å². The largest absolute Gasteiger partial charge is 0.461 e. The monoisotopic (exact) mass is 314 g/mol. The Labute approximate surface area is 135 Å². The SMILES string of the molecule is C=CCOC(=O)[C@H]1C(=C)NC(=S)N[C@H]1/C=C/c1ccccc1. The van der Waals surface area contributed by atoms with E-state index < -0.39 is 5.92 Å². The molecule has 5 heteroatoms. The van der Waals surface area contributed by atoms with E-state index in [2.05, 4.69) is 23.8 Å². The van der Waals surface area contributed by atoms with Gasteiger partial charge >= 0.3 is 5.97 Å². The molecule has 0 spiro atoms. The summed E-state index contributed by atoms with van der Waals surface area (Å²) in [5.41, 5.74) is 1.57. The highest BCUT2D eigenvalue weighted by Crippen LogP contribution is 2.20. The zero-order valence-corrected chi connectivity index (χ0v) is 12.9. The van der Waals surface area contributed by atoms with Crippen molar-refractivity contribution in [2.45, 2.75) is 6.04 Å². The minimum atomic E-state index is -0.549. The molecule has 0 radical (unpaired) electrons. The molecule has 2 N–H and O–H groups in total. The van der Waals surface area contributed by atoms with Crippen LogP contribution in [0.5, 0.6) is 0 Å². The van der Waals surface area contributed by atoms with E-state index in [1.165, 1.54) is 6.08 Å². The van der Waals surface area contributed by atoms with E-state index in [1.807, 2.05) is 42.5 Å². The Morgan fingerprint density at radius 2 is 2.09 bits per heavy atom. The summed E-state index contributed by atoms with van der Waals surface area (Å²) in [7, 11) is 0. The van der Waals surface area contributed by atoms with Crippen molar-refractivity contribution in [3.63, 3.8) is 0 Å². The Hall–Kier alpha value is -2.40. The maximum absolute atomic E-state index is 12.2. The average Bonchev–Trinajstić information content (AvgIpc) is 2.51. The van der Waals surface area contributed by atoms with Crippen molar-refractivity contribution in [1.82, 2.24) is 10.6 Å². The maximum Gasteiger partial charge on any atom is 0.317 e. The van der Waals surface area contributed by atoms with E-state index in [9.17, 15) is 4.79 Å². The Kier molecular flexibility index (Phi) is 5.49. The Morgan fingerprint density at radius 1 is 1.36 bits per heavy atom. The third-order valence-electron chi connectivity index (χ3n) is 3.20. The molecular formula is C17H18N2O2S. The summed E-state index contributed by atoms with van der Waals surface area (Å²) in [6.07, 6.45) is 5.37. The zero-order chi connectivity index (χ0) is 15.9. The maximum atomic E-state index is 12.2. The fraction of sp³-hybridized carbons (Fsp3) is 0.176. The smallest absolute Gasteiger partial charge is 0.317 e. The van der Waals surface area contributed by atoms with Crippen LogP contribution in [-0.4, -0.2) is 23.7 Å². The molecule has 1 aromatic carbocycles. The molecule has 2 rings (SSSR count). The standard InChI is InChI=1S/C17H18N2O2S/c1-3-11-21-16(20)15-12(2)18-17(22)19-14(15)10-9-13-7-5-4-6-8-13/h3-10,14-15H,1-2,11H2,(H2,18,19,22)/b10-9+/t14-,15-/m0/s1. The van der Waals surface area contributed by atoms with E-state index in [0.29, 0.717) is 10.8 Å². The molecule has 4 nitrogen and oxygen atoms in total. The molecule has 2 atom stereocenters. The molecule has 114 valence electrons. The molecule has 0 aliphatic carbocycles. The van der Waals surface area contributed by atoms with Gasteiger partial charge in [-0.25, -0.2) is 0 Å². The normalized spacial score (nSPS) is 21.1. The molecule has 0 bridgehead atoms. The molecule has 0 aromatic heterocycles. The van der Waals surface area contributed by atoms with E-state index >= 15 is 0 Å². The highest BCUT2D eigenvalue weighted by Gasteiger charge is 2.35. The predicted molar refractivity (Wildman–Crippen MR) is 91.9 cm³/mol. The van der Waals surface area contributed by atoms with Crippen molar-refractivity contribution in [3.8, 4) is 0 Å². The Bertz CT molecular complexity index is 610. The van der Waals surface area contributed by atoms with Crippen LogP contribution in [0.4, 0.5) is 0 Å². The molecule has 1 saturated heterocycles. The van der Waals surface area contributed by atoms with Crippen LogP contribution in [0.3, 0.4) is 0 Å². The van der Waals surface area contributed by atoms with Gasteiger partial charge in [0.05, 0.1) is 6.04 Å². The molecule has 1 fully saturated rings. The van der Waals surface area contributed by atoms with Crippen LogP contribution in [0.25, 0.3) is 6.08 Å². The van der Waals surface area contributed by atoms with Gasteiger partial charge in [-0.1, -0.05) is 61.7 Å². The fourth-order valence-electron chi connectivity index (χ4n) is 2.17. The van der Waals surface area contributed by atoms with E-state index in [1.54, 1.807) is 0 Å². The van der Waals surface area contributed by atoms with Gasteiger partial charge in [0.25, 0.3) is 0 Å². The fourth-order valence-corrected chi connectivity index (χ4v) is 2.44. The summed E-state index contributed by atoms with van der Waals surface area (Å²) < 4.78 is 5.14. The lowest BCUT2D eigenvalue weighted by Crippen LogP contribution is -2.54. The van der Waals surface area contributed by atoms with Crippen LogP contribution >= 0.6 is 12.2 Å². The van der Waals surface area contributed by atoms with Gasteiger partial charge in [-0.05, 0) is 17.8 Å². The first kappa shape index (κ1) is 16.0. The third-order valence-corrected chi connectivity index (χ3v) is 3.42. The molecule has 1 aliphatic heterocycles. The summed E-state index contributed by atoms with van der Waals surface area (Å²) in [5.74, 6) is -0.915. The number of hydrogen-bond acceptors (Lipinski definition) is 3. The molecule has 1 aliphatic rings. The van der Waals surface area contributed by atoms with Crippen molar-refractivity contribution < 1.29 is 9.53 Å². The highest BCUT2D eigenvalue weighted by molar-refractivity contribution is 7.80. The first-order valence-corrected chi connectivity index (χ1v) is 7.29. The minimum Gasteiger partial charge on any atom is -0.461 e. The van der Waals surface area contributed by atoms with Crippen LogP contribution in [0.1, 0.15) is 5.56 Å². The number of hydrogen-bond donors (Lipinski definition) is 2. The minimum absolute atomic E-state index is 0.169. The summed E-state index contributed by atoms with van der Waals surface area (Å²) in [5, 5.41) is 6.40. The second-order valence-corrected chi connectivity index (χ2v) is 5.22. The van der Waals surface area contributed by atoms with Gasteiger partial charge in [0, 0.05) is 5.70 Å². The lowest BCUT2D eigenvalue weighted by molar-refractivity contribution is -0.146. The third kappa shape index (κ3) is 4.05. The van der Waals surface area contributed by atoms with Crippen molar-refractivity contribution in [2.75, 3.05) is 6.61 Å². The zero-order valence-electron chi connectivity index (χ0n) is 12.1. The molecule has 1 heterocycles. The lowest BCUT2D eigenvalue weighted by Gasteiger charge is -2.32. The number of carbonyl (C=O) groups excluding carboxylic acids is 1. The molecule has 22 heavy (non-hydrogen) atoms. The number of esters is 1. The van der Waals surface area contributed by atoms with Crippen LogP contribution in [-0.2, 0) is 9.53 Å². The van der Waals surface area contributed by atoms with Crippen molar-refractivity contribution in [1.29, 1.82) is 0 Å². The van der Waals surface area contributed by atoms with Crippen LogP contribution < -0.4 is 10.6 Å². The molecule has 0 unspecified atom stereocenters. The summed E-state index contributed by atoms with van der Waals surface area (Å²) in [6, 6.07) is 9.51. The van der Waals surface area contributed by atoms with Gasteiger partial charge < -0.3 is 15.4 Å². The first-order valence-electron chi connectivity index (χ1n) is 6.89. The number of thiocarbonyl (C=S) groups is 1. The Balaban J connectivity index is 2.17. The van der Waals surface area contributed by atoms with Crippen molar-refractivity contribution in [2.24, 2.45) is 5.92 Å². The first-order chi connectivity index (χ1) is 10.6. The van der Waals surface area contributed by atoms with E-state index in [4.69, 9.17) is 17.0 Å². The van der Waals surface area contributed by atoms with Crippen LogP contribution in [0.2, 0.25) is 0 Å². The molecule has 0 saturated carbocycles. The topological polar surface area (TPSA) is 50.4 Å². The summed E-state index contributed by atoms with van der Waals surface area (Å²) in [4.78, 5) is 12.2. The number of carbonyl (C=O) groups is 1. The molecule has 1 aromatic rings.